The maximum absolute atomic E-state index is 10.9. The first-order valence-electron chi connectivity index (χ1n) is 7.18. The molecule has 23 heavy (non-hydrogen) atoms. The molecule has 2 heterocycles. The molecular formula is C16H15N3O4. The number of hydrogen-bond donors (Lipinski definition) is 1. The van der Waals surface area contributed by atoms with Crippen LogP contribution in [-0.2, 0) is 0 Å². The van der Waals surface area contributed by atoms with Gasteiger partial charge >= 0.3 is 6.09 Å². The van der Waals surface area contributed by atoms with Crippen molar-refractivity contribution in [1.29, 1.82) is 0 Å². The third-order valence-corrected chi connectivity index (χ3v) is 3.67. The molecule has 3 rings (SSSR count). The lowest BCUT2D eigenvalue weighted by Crippen LogP contribution is -2.29. The minimum absolute atomic E-state index is 0.190. The van der Waals surface area contributed by atoms with Gasteiger partial charge in [0.15, 0.2) is 0 Å². The van der Waals surface area contributed by atoms with Crippen molar-refractivity contribution in [3.63, 3.8) is 0 Å². The monoisotopic (exact) mass is 313 g/mol. The van der Waals surface area contributed by atoms with Crippen molar-refractivity contribution in [3.8, 4) is 17.0 Å². The molecule has 0 bridgehead atoms. The van der Waals surface area contributed by atoms with Gasteiger partial charge in [-0.25, -0.2) is 4.79 Å². The number of rotatable bonds is 4. The summed E-state index contributed by atoms with van der Waals surface area (Å²) in [5, 5.41) is 16.9. The van der Waals surface area contributed by atoms with Crippen molar-refractivity contribution < 1.29 is 19.4 Å². The molecule has 1 amide bonds. The van der Waals surface area contributed by atoms with E-state index in [4.69, 9.17) is 9.84 Å². The number of likely N-dealkylation sites (tertiary alicyclic amines) is 1. The highest BCUT2D eigenvalue weighted by molar-refractivity contribution is 5.78. The number of carbonyl (C=O) groups is 2. The number of aldehydes is 1. The molecule has 2 aromatic rings. The van der Waals surface area contributed by atoms with Crippen LogP contribution in [0.2, 0.25) is 0 Å². The van der Waals surface area contributed by atoms with Gasteiger partial charge in [-0.3, -0.25) is 4.79 Å². The van der Waals surface area contributed by atoms with Crippen LogP contribution in [0.4, 0.5) is 4.79 Å². The lowest BCUT2D eigenvalue weighted by molar-refractivity contribution is 0.112. The smallest absolute Gasteiger partial charge is 0.407 e. The number of amides is 1. The van der Waals surface area contributed by atoms with E-state index < -0.39 is 6.09 Å². The summed E-state index contributed by atoms with van der Waals surface area (Å²) in [4.78, 5) is 23.1. The summed E-state index contributed by atoms with van der Waals surface area (Å²) in [5.74, 6) is 0.531. The maximum atomic E-state index is 10.9. The quantitative estimate of drug-likeness (QED) is 0.869. The lowest BCUT2D eigenvalue weighted by Gasteiger charge is -2.14. The van der Waals surface area contributed by atoms with Gasteiger partial charge in [-0.2, -0.15) is 10.2 Å². The van der Waals surface area contributed by atoms with Gasteiger partial charge in [0, 0.05) is 30.2 Å². The molecular weight excluding hydrogens is 298 g/mol. The fourth-order valence-corrected chi connectivity index (χ4v) is 2.52. The Labute approximate surface area is 132 Å². The van der Waals surface area contributed by atoms with Crippen molar-refractivity contribution in [1.82, 2.24) is 15.1 Å². The van der Waals surface area contributed by atoms with Crippen molar-refractivity contribution in [2.75, 3.05) is 13.1 Å². The molecule has 0 radical (unpaired) electrons. The van der Waals surface area contributed by atoms with Gasteiger partial charge in [-0.1, -0.05) is 18.2 Å². The lowest BCUT2D eigenvalue weighted by atomic mass is 10.1. The van der Waals surface area contributed by atoms with Crippen LogP contribution in [-0.4, -0.2) is 51.8 Å². The minimum Gasteiger partial charge on any atom is -0.487 e. The van der Waals surface area contributed by atoms with Gasteiger partial charge in [0.05, 0.1) is 18.4 Å². The summed E-state index contributed by atoms with van der Waals surface area (Å²) < 4.78 is 5.80. The normalized spacial score (nSPS) is 17.0. The number of nitrogens with zero attached hydrogens (tertiary/aromatic N) is 3. The van der Waals surface area contributed by atoms with E-state index in [0.717, 1.165) is 11.8 Å². The number of ether oxygens (including phenoxy) is 1. The van der Waals surface area contributed by atoms with Crippen LogP contribution < -0.4 is 4.74 Å². The first kappa shape index (κ1) is 15.0. The number of benzene rings is 1. The van der Waals surface area contributed by atoms with Crippen LogP contribution in [0, 0.1) is 0 Å². The highest BCUT2D eigenvalue weighted by atomic mass is 16.5. The first-order valence-corrected chi connectivity index (χ1v) is 7.18. The van der Waals surface area contributed by atoms with Crippen LogP contribution in [0.1, 0.15) is 16.8 Å². The summed E-state index contributed by atoms with van der Waals surface area (Å²) in [5.41, 5.74) is 1.92. The summed E-state index contributed by atoms with van der Waals surface area (Å²) in [6.45, 7) is 0.806. The van der Waals surface area contributed by atoms with Crippen molar-refractivity contribution in [2.24, 2.45) is 0 Å². The second-order valence-corrected chi connectivity index (χ2v) is 5.28. The molecule has 1 atom stereocenters. The number of carbonyl (C=O) groups excluding carboxylic acids is 1. The Morgan fingerprint density at radius 2 is 2.26 bits per heavy atom. The molecule has 0 spiro atoms. The zero-order valence-corrected chi connectivity index (χ0v) is 12.3. The standard InChI is InChI=1S/C16H15N3O4/c20-10-11-2-1-3-12(6-11)15-7-14(8-17-18-15)23-13-4-5-19(9-13)16(21)22/h1-3,6-8,10,13H,4-5,9H2,(H,21,22)/t13-/m0/s1. The van der Waals surface area contributed by atoms with E-state index in [1.54, 1.807) is 24.3 Å². The van der Waals surface area contributed by atoms with E-state index in [1.807, 2.05) is 6.07 Å². The molecule has 7 heteroatoms. The molecule has 1 aromatic carbocycles. The van der Waals surface area contributed by atoms with Crippen LogP contribution >= 0.6 is 0 Å². The Bertz CT molecular complexity index is 735. The van der Waals surface area contributed by atoms with E-state index in [-0.39, 0.29) is 6.10 Å². The van der Waals surface area contributed by atoms with Gasteiger partial charge in [0.1, 0.15) is 18.1 Å². The molecule has 1 aromatic heterocycles. The van der Waals surface area contributed by atoms with Gasteiger partial charge < -0.3 is 14.7 Å². The Balaban J connectivity index is 1.75. The van der Waals surface area contributed by atoms with E-state index >= 15 is 0 Å². The first-order chi connectivity index (χ1) is 11.2. The zero-order chi connectivity index (χ0) is 16.2. The number of aromatic nitrogens is 2. The maximum Gasteiger partial charge on any atom is 0.407 e. The van der Waals surface area contributed by atoms with Gasteiger partial charge in [-0.15, -0.1) is 0 Å². The zero-order valence-electron chi connectivity index (χ0n) is 12.3. The molecule has 7 nitrogen and oxygen atoms in total. The van der Waals surface area contributed by atoms with E-state index in [9.17, 15) is 9.59 Å². The second kappa shape index (κ2) is 6.43. The molecule has 0 saturated carbocycles. The minimum atomic E-state index is -0.935. The van der Waals surface area contributed by atoms with Crippen molar-refractivity contribution in [3.05, 3.63) is 42.1 Å². The van der Waals surface area contributed by atoms with Crippen molar-refractivity contribution >= 4 is 12.4 Å². The van der Waals surface area contributed by atoms with Gasteiger partial charge in [-0.05, 0) is 6.07 Å². The fourth-order valence-electron chi connectivity index (χ4n) is 2.52. The molecule has 1 N–H and O–H groups in total. The third-order valence-electron chi connectivity index (χ3n) is 3.67. The van der Waals surface area contributed by atoms with Crippen LogP contribution in [0.25, 0.3) is 11.3 Å². The molecule has 1 saturated heterocycles. The third kappa shape index (κ3) is 3.45. The largest absolute Gasteiger partial charge is 0.487 e. The Morgan fingerprint density at radius 3 is 3.00 bits per heavy atom. The molecule has 0 unspecified atom stereocenters. The average Bonchev–Trinajstić information content (AvgIpc) is 3.04. The van der Waals surface area contributed by atoms with Crippen LogP contribution in [0.3, 0.4) is 0 Å². The van der Waals surface area contributed by atoms with Crippen LogP contribution in [0.15, 0.2) is 36.5 Å². The van der Waals surface area contributed by atoms with Crippen LogP contribution in [0.5, 0.6) is 5.75 Å². The summed E-state index contributed by atoms with van der Waals surface area (Å²) >= 11 is 0. The topological polar surface area (TPSA) is 92.6 Å². The predicted molar refractivity (Wildman–Crippen MR) is 81.5 cm³/mol. The van der Waals surface area contributed by atoms with E-state index in [1.165, 1.54) is 11.1 Å². The second-order valence-electron chi connectivity index (χ2n) is 5.28. The van der Waals surface area contributed by atoms with Crippen molar-refractivity contribution in [2.45, 2.75) is 12.5 Å². The predicted octanol–water partition coefficient (Wildman–Crippen LogP) is 2.09. The van der Waals surface area contributed by atoms with E-state index in [0.29, 0.717) is 36.5 Å². The number of hydrogen-bond acceptors (Lipinski definition) is 5. The highest BCUT2D eigenvalue weighted by Crippen LogP contribution is 2.23. The molecule has 1 aliphatic rings. The van der Waals surface area contributed by atoms with Gasteiger partial charge in [0.25, 0.3) is 0 Å². The summed E-state index contributed by atoms with van der Waals surface area (Å²) in [7, 11) is 0. The SMILES string of the molecule is O=Cc1cccc(-c2cc(O[C@H]3CCN(C(=O)O)C3)cnn2)c1. The Morgan fingerprint density at radius 1 is 1.39 bits per heavy atom. The molecule has 118 valence electrons. The fraction of sp³-hybridized carbons (Fsp3) is 0.250. The molecule has 1 aliphatic heterocycles. The summed E-state index contributed by atoms with van der Waals surface area (Å²) in [6, 6.07) is 8.78. The molecule has 0 aliphatic carbocycles. The molecule has 1 fully saturated rings. The Kier molecular flexibility index (Phi) is 4.18. The Hall–Kier alpha value is -2.96. The average molecular weight is 313 g/mol. The number of carboxylic acid groups (broad SMARTS) is 1. The summed E-state index contributed by atoms with van der Waals surface area (Å²) in [6.07, 6.45) is 1.79. The van der Waals surface area contributed by atoms with E-state index in [2.05, 4.69) is 10.2 Å². The van der Waals surface area contributed by atoms with Gasteiger partial charge in [0.2, 0.25) is 0 Å². The highest BCUT2D eigenvalue weighted by Gasteiger charge is 2.27.